The molecule has 0 unspecified atom stereocenters. The molecule has 0 spiro atoms. The number of fused-ring (bicyclic) bond motifs is 1. The van der Waals surface area contributed by atoms with Gasteiger partial charge in [0.1, 0.15) is 11.6 Å². The lowest BCUT2D eigenvalue weighted by Crippen LogP contribution is -2.14. The van der Waals surface area contributed by atoms with Gasteiger partial charge >= 0.3 is 0 Å². The average Bonchev–Trinajstić information content (AvgIpc) is 2.74. The highest BCUT2D eigenvalue weighted by Crippen LogP contribution is 2.38. The number of nitrogens with zero attached hydrogens (tertiary/aromatic N) is 2. The molecule has 2 aromatic carbocycles. The first-order valence-corrected chi connectivity index (χ1v) is 11.2. The van der Waals surface area contributed by atoms with E-state index in [0.717, 1.165) is 28.9 Å². The van der Waals surface area contributed by atoms with E-state index in [2.05, 4.69) is 25.9 Å². The maximum absolute atomic E-state index is 12.1. The molecule has 162 valence electrons. The molecule has 4 rings (SSSR count). The smallest absolute Gasteiger partial charge is 0.300 e. The molecule has 2 heterocycles. The predicted molar refractivity (Wildman–Crippen MR) is 119 cm³/mol. The molecule has 0 fully saturated rings. The van der Waals surface area contributed by atoms with E-state index in [1.807, 2.05) is 32.2 Å². The summed E-state index contributed by atoms with van der Waals surface area (Å²) in [6, 6.07) is 10.8. The minimum absolute atomic E-state index is 0.181. The molecule has 9 nitrogen and oxygen atoms in total. The van der Waals surface area contributed by atoms with Gasteiger partial charge in [0.2, 0.25) is 5.95 Å². The van der Waals surface area contributed by atoms with Crippen molar-refractivity contribution >= 4 is 38.9 Å². The Balaban J connectivity index is 1.64. The summed E-state index contributed by atoms with van der Waals surface area (Å²) >= 11 is 0. The van der Waals surface area contributed by atoms with E-state index in [1.54, 1.807) is 24.4 Å². The van der Waals surface area contributed by atoms with Gasteiger partial charge in [-0.05, 0) is 55.2 Å². The van der Waals surface area contributed by atoms with Crippen molar-refractivity contribution in [3.8, 4) is 5.75 Å². The first-order valence-electron chi connectivity index (χ1n) is 9.77. The maximum Gasteiger partial charge on any atom is 0.300 e. The van der Waals surface area contributed by atoms with Gasteiger partial charge in [-0.1, -0.05) is 12.1 Å². The minimum atomic E-state index is -4.52. The Morgan fingerprint density at radius 3 is 2.71 bits per heavy atom. The van der Waals surface area contributed by atoms with Crippen LogP contribution >= 0.6 is 0 Å². The SMILES string of the molecule is CNc1cc(Nc2nccc(Nc3ccc4c(c3S(=O)(=O)O)OCCC4)n2)ccc1C. The Hall–Kier alpha value is -3.37. The summed E-state index contributed by atoms with van der Waals surface area (Å²) in [4.78, 5) is 8.34. The van der Waals surface area contributed by atoms with Crippen LogP contribution < -0.4 is 20.7 Å². The van der Waals surface area contributed by atoms with Crippen molar-refractivity contribution in [2.75, 3.05) is 29.6 Å². The van der Waals surface area contributed by atoms with Crippen molar-refractivity contribution in [2.45, 2.75) is 24.7 Å². The van der Waals surface area contributed by atoms with Crippen molar-refractivity contribution in [2.24, 2.45) is 0 Å². The molecule has 0 saturated carbocycles. The summed E-state index contributed by atoms with van der Waals surface area (Å²) in [5.74, 6) is 0.878. The monoisotopic (exact) mass is 441 g/mol. The molecule has 31 heavy (non-hydrogen) atoms. The Morgan fingerprint density at radius 1 is 1.10 bits per heavy atom. The van der Waals surface area contributed by atoms with Gasteiger partial charge in [-0.25, -0.2) is 4.98 Å². The van der Waals surface area contributed by atoms with Crippen LogP contribution in [-0.2, 0) is 16.5 Å². The fourth-order valence-electron chi connectivity index (χ4n) is 3.47. The third-order valence-corrected chi connectivity index (χ3v) is 5.89. The Bertz CT molecular complexity index is 1230. The standard InChI is InChI=1S/C21H23N5O4S/c1-13-5-7-15(12-17(13)22-2)24-21-23-10-9-18(26-21)25-16-8-6-14-4-3-11-30-19(14)20(16)31(27,28)29/h5-10,12,22H,3-4,11H2,1-2H3,(H,27,28,29)(H2,23,24,25,26). The molecule has 3 aromatic rings. The first kappa shape index (κ1) is 20.9. The molecule has 0 aliphatic carbocycles. The summed E-state index contributed by atoms with van der Waals surface area (Å²) in [6.45, 7) is 2.40. The third-order valence-electron chi connectivity index (χ3n) is 4.97. The molecule has 1 aliphatic heterocycles. The van der Waals surface area contributed by atoms with Crippen LogP contribution in [0.1, 0.15) is 17.5 Å². The summed E-state index contributed by atoms with van der Waals surface area (Å²) in [5.41, 5.74) is 3.81. The van der Waals surface area contributed by atoms with Gasteiger partial charge in [0.15, 0.2) is 4.90 Å². The molecule has 1 aromatic heterocycles. The summed E-state index contributed by atoms with van der Waals surface area (Å²) in [5, 5.41) is 9.22. The molecule has 0 saturated heterocycles. The molecule has 0 bridgehead atoms. The third kappa shape index (κ3) is 4.54. The number of aromatic nitrogens is 2. The van der Waals surface area contributed by atoms with E-state index in [1.165, 1.54) is 0 Å². The molecular formula is C21H23N5O4S. The van der Waals surface area contributed by atoms with E-state index in [-0.39, 0.29) is 16.3 Å². The quantitative estimate of drug-likeness (QED) is 0.422. The predicted octanol–water partition coefficient (Wildman–Crippen LogP) is 3.89. The van der Waals surface area contributed by atoms with Gasteiger partial charge < -0.3 is 20.7 Å². The van der Waals surface area contributed by atoms with Gasteiger partial charge in [0.25, 0.3) is 10.1 Å². The van der Waals surface area contributed by atoms with Crippen LogP contribution in [0.3, 0.4) is 0 Å². The molecule has 0 atom stereocenters. The Morgan fingerprint density at radius 2 is 1.94 bits per heavy atom. The van der Waals surface area contributed by atoms with Gasteiger partial charge in [-0.15, -0.1) is 0 Å². The van der Waals surface area contributed by atoms with Crippen LogP contribution in [0.25, 0.3) is 0 Å². The van der Waals surface area contributed by atoms with E-state index >= 15 is 0 Å². The number of rotatable bonds is 6. The van der Waals surface area contributed by atoms with Crippen LogP contribution in [0.4, 0.5) is 28.8 Å². The maximum atomic E-state index is 12.1. The lowest BCUT2D eigenvalue weighted by Gasteiger charge is -2.21. The summed E-state index contributed by atoms with van der Waals surface area (Å²) < 4.78 is 39.6. The van der Waals surface area contributed by atoms with Crippen LogP contribution in [-0.4, -0.2) is 36.6 Å². The Labute approximate surface area is 180 Å². The van der Waals surface area contributed by atoms with Crippen molar-refractivity contribution in [1.29, 1.82) is 0 Å². The first-order chi connectivity index (χ1) is 14.8. The van der Waals surface area contributed by atoms with Crippen molar-refractivity contribution in [1.82, 2.24) is 9.97 Å². The number of benzene rings is 2. The second kappa shape index (κ2) is 8.40. The van der Waals surface area contributed by atoms with Gasteiger partial charge in [-0.3, -0.25) is 4.55 Å². The number of aryl methyl sites for hydroxylation is 2. The zero-order chi connectivity index (χ0) is 22.0. The number of anilines is 5. The van der Waals surface area contributed by atoms with Crippen LogP contribution in [0.5, 0.6) is 5.75 Å². The molecule has 10 heteroatoms. The number of ether oxygens (including phenoxy) is 1. The van der Waals surface area contributed by atoms with E-state index in [9.17, 15) is 13.0 Å². The lowest BCUT2D eigenvalue weighted by atomic mass is 10.1. The molecule has 0 amide bonds. The lowest BCUT2D eigenvalue weighted by molar-refractivity contribution is 0.279. The van der Waals surface area contributed by atoms with E-state index in [0.29, 0.717) is 24.8 Å². The van der Waals surface area contributed by atoms with Crippen molar-refractivity contribution in [3.63, 3.8) is 0 Å². The normalized spacial score (nSPS) is 13.1. The highest BCUT2D eigenvalue weighted by atomic mass is 32.2. The highest BCUT2D eigenvalue weighted by Gasteiger charge is 2.27. The number of hydrogen-bond acceptors (Lipinski definition) is 8. The Kier molecular flexibility index (Phi) is 5.66. The van der Waals surface area contributed by atoms with Crippen molar-refractivity contribution < 1.29 is 17.7 Å². The largest absolute Gasteiger partial charge is 0.492 e. The summed E-state index contributed by atoms with van der Waals surface area (Å²) in [6.07, 6.45) is 3.03. The van der Waals surface area contributed by atoms with Crippen LogP contribution in [0, 0.1) is 6.92 Å². The minimum Gasteiger partial charge on any atom is -0.492 e. The van der Waals surface area contributed by atoms with Crippen molar-refractivity contribution in [3.05, 3.63) is 53.7 Å². The fourth-order valence-corrected chi connectivity index (χ4v) is 4.30. The molecule has 4 N–H and O–H groups in total. The average molecular weight is 442 g/mol. The second-order valence-electron chi connectivity index (χ2n) is 7.15. The molecular weight excluding hydrogens is 418 g/mol. The van der Waals surface area contributed by atoms with E-state index < -0.39 is 10.1 Å². The van der Waals surface area contributed by atoms with Gasteiger partial charge in [-0.2, -0.15) is 13.4 Å². The zero-order valence-electron chi connectivity index (χ0n) is 17.1. The number of nitrogens with one attached hydrogen (secondary N) is 3. The summed E-state index contributed by atoms with van der Waals surface area (Å²) in [7, 11) is -2.67. The fraction of sp³-hybridized carbons (Fsp3) is 0.238. The van der Waals surface area contributed by atoms with Gasteiger partial charge in [0, 0.05) is 24.6 Å². The van der Waals surface area contributed by atoms with Crippen LogP contribution in [0.15, 0.2) is 47.5 Å². The van der Waals surface area contributed by atoms with Crippen LogP contribution in [0.2, 0.25) is 0 Å². The van der Waals surface area contributed by atoms with Gasteiger partial charge in [0.05, 0.1) is 12.3 Å². The number of hydrogen-bond donors (Lipinski definition) is 4. The second-order valence-corrected chi connectivity index (χ2v) is 8.51. The molecule has 0 radical (unpaired) electrons. The topological polar surface area (TPSA) is 125 Å². The highest BCUT2D eigenvalue weighted by molar-refractivity contribution is 7.86. The molecule has 1 aliphatic rings. The zero-order valence-corrected chi connectivity index (χ0v) is 18.0. The van der Waals surface area contributed by atoms with E-state index in [4.69, 9.17) is 4.74 Å².